The Morgan fingerprint density at radius 1 is 1.21 bits per heavy atom. The summed E-state index contributed by atoms with van der Waals surface area (Å²) < 4.78 is 18.4. The zero-order chi connectivity index (χ0) is 10.1. The van der Waals surface area contributed by atoms with E-state index in [0.29, 0.717) is 11.1 Å². The van der Waals surface area contributed by atoms with E-state index in [4.69, 9.17) is 4.74 Å². The van der Waals surface area contributed by atoms with Gasteiger partial charge in [0.05, 0.1) is 12.5 Å². The molecule has 0 saturated carbocycles. The van der Waals surface area contributed by atoms with Crippen molar-refractivity contribution in [3.8, 4) is 11.5 Å². The molecule has 0 spiro atoms. The number of phenolic OH excluding ortho intramolecular Hbond substituents is 1. The highest BCUT2D eigenvalue weighted by molar-refractivity contribution is 5.93. The maximum absolute atomic E-state index is 13.3. The van der Waals surface area contributed by atoms with Gasteiger partial charge >= 0.3 is 0 Å². The molecule has 14 heavy (non-hydrogen) atoms. The van der Waals surface area contributed by atoms with Crippen LogP contribution in [0.25, 0.3) is 10.8 Å². The maximum atomic E-state index is 13.3. The molecule has 0 fully saturated rings. The molecular weight excluding hydrogens is 183 g/mol. The number of halogens is 1. The molecule has 0 heterocycles. The van der Waals surface area contributed by atoms with Crippen molar-refractivity contribution in [2.24, 2.45) is 0 Å². The summed E-state index contributed by atoms with van der Waals surface area (Å²) in [5.41, 5.74) is 0. The number of rotatable bonds is 1. The van der Waals surface area contributed by atoms with Crippen LogP contribution < -0.4 is 4.74 Å². The molecule has 2 aromatic carbocycles. The quantitative estimate of drug-likeness (QED) is 0.752. The van der Waals surface area contributed by atoms with Gasteiger partial charge in [-0.15, -0.1) is 0 Å². The van der Waals surface area contributed by atoms with Crippen LogP contribution in [0.15, 0.2) is 30.3 Å². The maximum Gasteiger partial charge on any atom is 0.135 e. The first kappa shape index (κ1) is 8.81. The molecule has 0 saturated heterocycles. The van der Waals surface area contributed by atoms with E-state index >= 15 is 0 Å². The average Bonchev–Trinajstić information content (AvgIpc) is 2.18. The fourth-order valence-electron chi connectivity index (χ4n) is 1.50. The van der Waals surface area contributed by atoms with Crippen LogP contribution in [-0.2, 0) is 0 Å². The Morgan fingerprint density at radius 2 is 2.00 bits per heavy atom. The second kappa shape index (κ2) is 3.18. The van der Waals surface area contributed by atoms with Gasteiger partial charge in [-0.05, 0) is 18.2 Å². The molecule has 0 unspecified atom stereocenters. The number of hydrogen-bond donors (Lipinski definition) is 1. The Balaban J connectivity index is 2.91. The topological polar surface area (TPSA) is 29.5 Å². The van der Waals surface area contributed by atoms with Crippen LogP contribution in [0.5, 0.6) is 11.5 Å². The fourth-order valence-corrected chi connectivity index (χ4v) is 1.50. The Kier molecular flexibility index (Phi) is 2.00. The zero-order valence-corrected chi connectivity index (χ0v) is 7.62. The molecule has 72 valence electrons. The van der Waals surface area contributed by atoms with Crippen LogP contribution >= 0.6 is 0 Å². The molecule has 1 N–H and O–H groups in total. The van der Waals surface area contributed by atoms with Gasteiger partial charge in [0.25, 0.3) is 0 Å². The summed E-state index contributed by atoms with van der Waals surface area (Å²) in [5, 5.41) is 10.3. The van der Waals surface area contributed by atoms with Crippen molar-refractivity contribution >= 4 is 10.8 Å². The highest BCUT2D eigenvalue weighted by Crippen LogP contribution is 2.33. The summed E-state index contributed by atoms with van der Waals surface area (Å²) >= 11 is 0. The number of benzene rings is 2. The van der Waals surface area contributed by atoms with Gasteiger partial charge in [-0.2, -0.15) is 0 Å². The highest BCUT2D eigenvalue weighted by Gasteiger charge is 2.09. The lowest BCUT2D eigenvalue weighted by Crippen LogP contribution is -1.87. The molecule has 0 aromatic heterocycles. The molecule has 3 heteroatoms. The van der Waals surface area contributed by atoms with Gasteiger partial charge in [0.1, 0.15) is 17.3 Å². The largest absolute Gasteiger partial charge is 0.507 e. The predicted octanol–water partition coefficient (Wildman–Crippen LogP) is 2.69. The van der Waals surface area contributed by atoms with Crippen molar-refractivity contribution in [3.63, 3.8) is 0 Å². The Labute approximate surface area is 80.6 Å². The highest BCUT2D eigenvalue weighted by atomic mass is 19.1. The number of hydrogen-bond acceptors (Lipinski definition) is 2. The number of fused-ring (bicyclic) bond motifs is 1. The van der Waals surface area contributed by atoms with Crippen LogP contribution in [0.3, 0.4) is 0 Å². The summed E-state index contributed by atoms with van der Waals surface area (Å²) in [6, 6.07) is 7.62. The van der Waals surface area contributed by atoms with E-state index in [0.717, 1.165) is 0 Å². The minimum atomic E-state index is -0.445. The van der Waals surface area contributed by atoms with Crippen LogP contribution in [-0.4, -0.2) is 12.2 Å². The molecule has 0 aliphatic heterocycles. The minimum Gasteiger partial charge on any atom is -0.507 e. The summed E-state index contributed by atoms with van der Waals surface area (Å²) in [5.74, 6) is 0.0371. The third kappa shape index (κ3) is 1.18. The standard InChI is InChI=1S/C11H9FO2/c1-14-10-6-5-8(12)11-7(10)3-2-4-9(11)13/h2-6,13H,1H3. The van der Waals surface area contributed by atoms with Crippen LogP contribution in [0.4, 0.5) is 4.39 Å². The van der Waals surface area contributed by atoms with E-state index in [1.54, 1.807) is 12.1 Å². The van der Waals surface area contributed by atoms with Crippen LogP contribution in [0.2, 0.25) is 0 Å². The van der Waals surface area contributed by atoms with Crippen molar-refractivity contribution < 1.29 is 14.2 Å². The first-order chi connectivity index (χ1) is 6.74. The average molecular weight is 192 g/mol. The summed E-state index contributed by atoms with van der Waals surface area (Å²) in [4.78, 5) is 0. The first-order valence-electron chi connectivity index (χ1n) is 4.18. The number of ether oxygens (including phenoxy) is 1. The van der Waals surface area contributed by atoms with Gasteiger partial charge in [-0.25, -0.2) is 4.39 Å². The molecule has 2 nitrogen and oxygen atoms in total. The van der Waals surface area contributed by atoms with E-state index in [2.05, 4.69) is 0 Å². The van der Waals surface area contributed by atoms with Crippen molar-refractivity contribution in [2.75, 3.05) is 7.11 Å². The van der Waals surface area contributed by atoms with Crippen molar-refractivity contribution in [1.82, 2.24) is 0 Å². The lowest BCUT2D eigenvalue weighted by atomic mass is 10.1. The fraction of sp³-hybridized carbons (Fsp3) is 0.0909. The molecule has 0 radical (unpaired) electrons. The second-order valence-electron chi connectivity index (χ2n) is 2.95. The third-order valence-corrected chi connectivity index (χ3v) is 2.15. The Bertz CT molecular complexity index is 472. The molecule has 0 amide bonds. The van der Waals surface area contributed by atoms with Gasteiger partial charge in [0.15, 0.2) is 0 Å². The number of phenols is 1. The summed E-state index contributed by atoms with van der Waals surface area (Å²) in [7, 11) is 1.51. The van der Waals surface area contributed by atoms with Gasteiger partial charge in [-0.1, -0.05) is 12.1 Å². The molecule has 2 aromatic rings. The van der Waals surface area contributed by atoms with Gasteiger partial charge < -0.3 is 9.84 Å². The smallest absolute Gasteiger partial charge is 0.135 e. The lowest BCUT2D eigenvalue weighted by Gasteiger charge is -2.06. The molecule has 0 atom stereocenters. The van der Waals surface area contributed by atoms with Crippen LogP contribution in [0.1, 0.15) is 0 Å². The second-order valence-corrected chi connectivity index (χ2v) is 2.95. The van der Waals surface area contributed by atoms with E-state index < -0.39 is 5.82 Å². The van der Waals surface area contributed by atoms with Crippen molar-refractivity contribution in [2.45, 2.75) is 0 Å². The molecule has 0 aliphatic rings. The van der Waals surface area contributed by atoms with Crippen LogP contribution in [0, 0.1) is 5.82 Å². The molecule has 2 rings (SSSR count). The molecular formula is C11H9FO2. The normalized spacial score (nSPS) is 10.4. The van der Waals surface area contributed by atoms with Crippen molar-refractivity contribution in [3.05, 3.63) is 36.1 Å². The van der Waals surface area contributed by atoms with E-state index in [1.807, 2.05) is 0 Å². The van der Waals surface area contributed by atoms with E-state index in [-0.39, 0.29) is 11.1 Å². The number of aromatic hydroxyl groups is 1. The van der Waals surface area contributed by atoms with Gasteiger partial charge in [0.2, 0.25) is 0 Å². The summed E-state index contributed by atoms with van der Waals surface area (Å²) in [6.45, 7) is 0. The SMILES string of the molecule is COc1ccc(F)c2c(O)cccc12. The van der Waals surface area contributed by atoms with Gasteiger partial charge in [-0.3, -0.25) is 0 Å². The third-order valence-electron chi connectivity index (χ3n) is 2.15. The Morgan fingerprint density at radius 3 is 2.71 bits per heavy atom. The van der Waals surface area contributed by atoms with E-state index in [9.17, 15) is 9.50 Å². The van der Waals surface area contributed by atoms with Crippen molar-refractivity contribution in [1.29, 1.82) is 0 Å². The molecule has 0 aliphatic carbocycles. The monoisotopic (exact) mass is 192 g/mol. The zero-order valence-electron chi connectivity index (χ0n) is 7.62. The first-order valence-corrected chi connectivity index (χ1v) is 4.18. The molecule has 0 bridgehead atoms. The minimum absolute atomic E-state index is 0.0705. The summed E-state index contributed by atoms with van der Waals surface area (Å²) in [6.07, 6.45) is 0. The number of methoxy groups -OCH3 is 1. The predicted molar refractivity (Wildman–Crippen MR) is 52.1 cm³/mol. The Hall–Kier alpha value is -1.77. The van der Waals surface area contributed by atoms with E-state index in [1.165, 1.54) is 25.3 Å². The lowest BCUT2D eigenvalue weighted by molar-refractivity contribution is 0.418. The van der Waals surface area contributed by atoms with Gasteiger partial charge in [0, 0.05) is 5.39 Å².